The Bertz CT molecular complexity index is 1160. The smallest absolute Gasteiger partial charge is 0.306 e. The number of aromatic nitrogens is 1. The van der Waals surface area contributed by atoms with Gasteiger partial charge in [0.15, 0.2) is 6.61 Å². The standard InChI is InChI=1S/C25H25N3O4/c1-17-18(2)28(20-10-5-4-6-11-20)25(21(17)15-26)27-23(29)16-32-24(30)14-13-19-9-7-8-12-22(19)31-3/h4-12H,13-14,16H2,1-3H3,(H,27,29). The van der Waals surface area contributed by atoms with Gasteiger partial charge in [0.2, 0.25) is 0 Å². The Labute approximate surface area is 187 Å². The fourth-order valence-corrected chi connectivity index (χ4v) is 3.49. The van der Waals surface area contributed by atoms with Crippen molar-refractivity contribution in [2.45, 2.75) is 26.7 Å². The molecule has 0 saturated heterocycles. The van der Waals surface area contributed by atoms with E-state index in [2.05, 4.69) is 11.4 Å². The lowest BCUT2D eigenvalue weighted by Gasteiger charge is -2.13. The molecule has 7 heteroatoms. The summed E-state index contributed by atoms with van der Waals surface area (Å²) < 4.78 is 12.2. The number of carbonyl (C=O) groups is 2. The Hall–Kier alpha value is -4.05. The van der Waals surface area contributed by atoms with Crippen LogP contribution in [0.4, 0.5) is 5.82 Å². The molecule has 3 rings (SSSR count). The number of para-hydroxylation sites is 2. The van der Waals surface area contributed by atoms with Crippen LogP contribution < -0.4 is 10.1 Å². The third-order valence-corrected chi connectivity index (χ3v) is 5.25. The highest BCUT2D eigenvalue weighted by Gasteiger charge is 2.21. The van der Waals surface area contributed by atoms with Gasteiger partial charge >= 0.3 is 5.97 Å². The number of aryl methyl sites for hydroxylation is 1. The van der Waals surface area contributed by atoms with Gasteiger partial charge in [-0.25, -0.2) is 0 Å². The van der Waals surface area contributed by atoms with Crippen LogP contribution in [0.25, 0.3) is 5.69 Å². The van der Waals surface area contributed by atoms with Gasteiger partial charge in [-0.15, -0.1) is 0 Å². The largest absolute Gasteiger partial charge is 0.496 e. The van der Waals surface area contributed by atoms with Gasteiger partial charge in [0.05, 0.1) is 12.7 Å². The summed E-state index contributed by atoms with van der Waals surface area (Å²) in [6, 6.07) is 19.0. The summed E-state index contributed by atoms with van der Waals surface area (Å²) in [4.78, 5) is 24.7. The van der Waals surface area contributed by atoms with Gasteiger partial charge in [0.25, 0.3) is 5.91 Å². The van der Waals surface area contributed by atoms with E-state index in [1.54, 1.807) is 7.11 Å². The number of rotatable bonds is 8. The van der Waals surface area contributed by atoms with Crippen molar-refractivity contribution in [2.24, 2.45) is 0 Å². The minimum absolute atomic E-state index is 0.121. The number of ether oxygens (including phenoxy) is 2. The molecule has 32 heavy (non-hydrogen) atoms. The second-order valence-electron chi connectivity index (χ2n) is 7.24. The predicted molar refractivity (Wildman–Crippen MR) is 121 cm³/mol. The summed E-state index contributed by atoms with van der Waals surface area (Å²) in [7, 11) is 1.58. The normalized spacial score (nSPS) is 10.3. The number of hydrogen-bond acceptors (Lipinski definition) is 5. The zero-order valence-electron chi connectivity index (χ0n) is 18.3. The van der Waals surface area contributed by atoms with E-state index in [-0.39, 0.29) is 6.42 Å². The SMILES string of the molecule is COc1ccccc1CCC(=O)OCC(=O)Nc1c(C#N)c(C)c(C)n1-c1ccccc1. The molecule has 0 atom stereocenters. The lowest BCUT2D eigenvalue weighted by Crippen LogP contribution is -2.23. The third kappa shape index (κ3) is 4.98. The van der Waals surface area contributed by atoms with Gasteiger partial charge in [-0.05, 0) is 49.6 Å². The molecule has 0 bridgehead atoms. The van der Waals surface area contributed by atoms with Gasteiger partial charge in [-0.3, -0.25) is 14.2 Å². The molecule has 3 aromatic rings. The first-order chi connectivity index (χ1) is 15.5. The van der Waals surface area contributed by atoms with Crippen LogP contribution in [0.1, 0.15) is 28.8 Å². The molecular formula is C25H25N3O4. The van der Waals surface area contributed by atoms with E-state index >= 15 is 0 Å². The highest BCUT2D eigenvalue weighted by atomic mass is 16.5. The van der Waals surface area contributed by atoms with E-state index in [1.165, 1.54) is 0 Å². The molecule has 164 valence electrons. The maximum absolute atomic E-state index is 12.5. The molecule has 1 aromatic heterocycles. The quantitative estimate of drug-likeness (QED) is 0.542. The van der Waals surface area contributed by atoms with Crippen LogP contribution in [0.15, 0.2) is 54.6 Å². The van der Waals surface area contributed by atoms with Crippen molar-refractivity contribution in [1.82, 2.24) is 4.57 Å². The van der Waals surface area contributed by atoms with E-state index in [0.29, 0.717) is 23.6 Å². The number of anilines is 1. The maximum atomic E-state index is 12.5. The number of benzene rings is 2. The van der Waals surface area contributed by atoms with Gasteiger partial charge in [-0.1, -0.05) is 36.4 Å². The highest BCUT2D eigenvalue weighted by molar-refractivity contribution is 5.94. The molecule has 0 aliphatic rings. The topological polar surface area (TPSA) is 93.3 Å². The molecule has 1 amide bonds. The first-order valence-corrected chi connectivity index (χ1v) is 10.2. The van der Waals surface area contributed by atoms with Crippen molar-refractivity contribution >= 4 is 17.7 Å². The fourth-order valence-electron chi connectivity index (χ4n) is 3.49. The van der Waals surface area contributed by atoms with Gasteiger partial charge in [0.1, 0.15) is 17.6 Å². The zero-order chi connectivity index (χ0) is 23.1. The number of nitrogens with zero attached hydrogens (tertiary/aromatic N) is 2. The van der Waals surface area contributed by atoms with Crippen molar-refractivity contribution in [3.05, 3.63) is 77.0 Å². The summed E-state index contributed by atoms with van der Waals surface area (Å²) in [6.45, 7) is 3.28. The number of esters is 1. The van der Waals surface area contributed by atoms with Crippen molar-refractivity contribution in [3.8, 4) is 17.5 Å². The van der Waals surface area contributed by atoms with E-state index in [4.69, 9.17) is 9.47 Å². The molecule has 0 spiro atoms. The second-order valence-corrected chi connectivity index (χ2v) is 7.24. The van der Waals surface area contributed by atoms with Gasteiger partial charge < -0.3 is 14.8 Å². The summed E-state index contributed by atoms with van der Waals surface area (Å²) in [5.41, 5.74) is 3.71. The highest BCUT2D eigenvalue weighted by Crippen LogP contribution is 2.29. The number of hydrogen-bond donors (Lipinski definition) is 1. The molecule has 1 heterocycles. The second kappa shape index (κ2) is 10.3. The Morgan fingerprint density at radius 2 is 1.75 bits per heavy atom. The molecule has 0 unspecified atom stereocenters. The summed E-state index contributed by atoms with van der Waals surface area (Å²) in [5.74, 6) is 0.0671. The molecule has 0 aliphatic carbocycles. The molecule has 0 radical (unpaired) electrons. The van der Waals surface area contributed by atoms with Crippen molar-refractivity contribution in [2.75, 3.05) is 19.0 Å². The minimum atomic E-state index is -0.512. The van der Waals surface area contributed by atoms with E-state index in [1.807, 2.05) is 73.0 Å². The lowest BCUT2D eigenvalue weighted by molar-refractivity contribution is -0.147. The number of methoxy groups -OCH3 is 1. The first-order valence-electron chi connectivity index (χ1n) is 10.2. The van der Waals surface area contributed by atoms with Gasteiger partial charge in [0, 0.05) is 17.8 Å². The summed E-state index contributed by atoms with van der Waals surface area (Å²) >= 11 is 0. The number of carbonyl (C=O) groups excluding carboxylic acids is 2. The average molecular weight is 431 g/mol. The van der Waals surface area contributed by atoms with Crippen molar-refractivity contribution in [3.63, 3.8) is 0 Å². The van der Waals surface area contributed by atoms with Crippen LogP contribution in [-0.4, -0.2) is 30.2 Å². The van der Waals surface area contributed by atoms with Crippen molar-refractivity contribution < 1.29 is 19.1 Å². The Morgan fingerprint density at radius 3 is 2.44 bits per heavy atom. The van der Waals surface area contributed by atoms with E-state index < -0.39 is 18.5 Å². The molecule has 1 N–H and O–H groups in total. The van der Waals surface area contributed by atoms with Crippen LogP contribution in [0.5, 0.6) is 5.75 Å². The van der Waals surface area contributed by atoms with E-state index in [9.17, 15) is 14.9 Å². The first kappa shape index (κ1) is 22.6. The lowest BCUT2D eigenvalue weighted by atomic mass is 10.1. The van der Waals surface area contributed by atoms with Crippen LogP contribution in [0, 0.1) is 25.2 Å². The van der Waals surface area contributed by atoms with Gasteiger partial charge in [-0.2, -0.15) is 5.26 Å². The third-order valence-electron chi connectivity index (χ3n) is 5.25. The number of nitrogens with one attached hydrogen (secondary N) is 1. The molecule has 0 aliphatic heterocycles. The van der Waals surface area contributed by atoms with Crippen LogP contribution in [0.2, 0.25) is 0 Å². The molecule has 7 nitrogen and oxygen atoms in total. The number of amides is 1. The predicted octanol–water partition coefficient (Wildman–Crippen LogP) is 4.09. The zero-order valence-corrected chi connectivity index (χ0v) is 18.3. The van der Waals surface area contributed by atoms with E-state index in [0.717, 1.165) is 22.5 Å². The molecule has 0 saturated carbocycles. The summed E-state index contributed by atoms with van der Waals surface area (Å²) in [6.07, 6.45) is 0.563. The molecule has 2 aromatic carbocycles. The Kier molecular flexibility index (Phi) is 7.29. The molecule has 0 fully saturated rings. The van der Waals surface area contributed by atoms with Crippen molar-refractivity contribution in [1.29, 1.82) is 5.26 Å². The maximum Gasteiger partial charge on any atom is 0.306 e. The molecular weight excluding hydrogens is 406 g/mol. The average Bonchev–Trinajstić information content (AvgIpc) is 3.05. The number of nitriles is 1. The summed E-state index contributed by atoms with van der Waals surface area (Å²) in [5, 5.41) is 12.4. The van der Waals surface area contributed by atoms with Crippen LogP contribution in [-0.2, 0) is 20.7 Å². The van der Waals surface area contributed by atoms with Crippen LogP contribution >= 0.6 is 0 Å². The fraction of sp³-hybridized carbons (Fsp3) is 0.240. The Balaban J connectivity index is 1.66. The Morgan fingerprint density at radius 1 is 1.06 bits per heavy atom. The van der Waals surface area contributed by atoms with Crippen LogP contribution in [0.3, 0.4) is 0 Å². The monoisotopic (exact) mass is 431 g/mol. The minimum Gasteiger partial charge on any atom is -0.496 e.